The van der Waals surface area contributed by atoms with Crippen molar-refractivity contribution < 1.29 is 9.53 Å². The molecule has 0 radical (unpaired) electrons. The Bertz CT molecular complexity index is 1260. The van der Waals surface area contributed by atoms with Gasteiger partial charge in [-0.2, -0.15) is 0 Å². The number of piperazine rings is 1. The molecule has 5 rings (SSSR count). The highest BCUT2D eigenvalue weighted by Crippen LogP contribution is 2.36. The molecule has 2 aliphatic heterocycles. The summed E-state index contributed by atoms with van der Waals surface area (Å²) < 4.78 is 5.55. The maximum absolute atomic E-state index is 12.5. The number of ether oxygens (including phenoxy) is 1. The summed E-state index contributed by atoms with van der Waals surface area (Å²) in [5.41, 5.74) is 2.93. The predicted molar refractivity (Wildman–Crippen MR) is 141 cm³/mol. The van der Waals surface area contributed by atoms with Crippen molar-refractivity contribution in [1.82, 2.24) is 14.9 Å². The minimum atomic E-state index is -0.489. The molecule has 0 atom stereocenters. The molecule has 1 amide bonds. The zero-order valence-corrected chi connectivity index (χ0v) is 21.6. The smallest absolute Gasteiger partial charge is 0.410 e. The van der Waals surface area contributed by atoms with Gasteiger partial charge in [-0.15, -0.1) is 0 Å². The lowest BCUT2D eigenvalue weighted by atomic mass is 10.0. The topological polar surface area (TPSA) is 61.8 Å². The Labute approximate surface area is 211 Å². The fourth-order valence-electron chi connectivity index (χ4n) is 4.97. The van der Waals surface area contributed by atoms with E-state index in [-0.39, 0.29) is 6.09 Å². The Morgan fingerprint density at radius 2 is 1.69 bits per heavy atom. The van der Waals surface area contributed by atoms with Crippen LogP contribution in [0.4, 0.5) is 16.3 Å². The number of carbonyl (C=O) groups is 1. The highest BCUT2D eigenvalue weighted by Gasteiger charge is 2.30. The van der Waals surface area contributed by atoms with Gasteiger partial charge in [0.1, 0.15) is 17.2 Å². The van der Waals surface area contributed by atoms with E-state index in [9.17, 15) is 4.79 Å². The molecule has 7 nitrogen and oxygen atoms in total. The molecule has 184 valence electrons. The molecule has 0 spiro atoms. The quantitative estimate of drug-likeness (QED) is 0.488. The van der Waals surface area contributed by atoms with Crippen molar-refractivity contribution >= 4 is 40.0 Å². The molecule has 0 unspecified atom stereocenters. The summed E-state index contributed by atoms with van der Waals surface area (Å²) in [5, 5.41) is 3.00. The van der Waals surface area contributed by atoms with E-state index in [1.807, 2.05) is 39.8 Å². The zero-order valence-electron chi connectivity index (χ0n) is 20.8. The van der Waals surface area contributed by atoms with E-state index in [0.29, 0.717) is 19.6 Å². The number of fused-ring (bicyclic) bond motifs is 2. The lowest BCUT2D eigenvalue weighted by Crippen LogP contribution is -2.50. The van der Waals surface area contributed by atoms with E-state index in [4.69, 9.17) is 26.3 Å². The number of amides is 1. The van der Waals surface area contributed by atoms with Crippen LogP contribution in [0.15, 0.2) is 36.4 Å². The van der Waals surface area contributed by atoms with Crippen LogP contribution in [-0.4, -0.2) is 59.3 Å². The third-order valence-electron chi connectivity index (χ3n) is 6.56. The summed E-state index contributed by atoms with van der Waals surface area (Å²) in [6.07, 6.45) is 0.611. The number of anilines is 2. The standard InChI is InChI=1S/C27H32ClN5O2/c1-18-29-22-17-33(23-10-6-8-19-7-5-9-21(28)24(19)23)12-11-20(22)25(30-18)31-13-15-32(16-14-31)26(34)35-27(2,3)4/h5-10H,11-17H2,1-4H3. The molecule has 0 aliphatic carbocycles. The normalized spacial score (nSPS) is 16.4. The number of aryl methyl sites for hydroxylation is 1. The first-order valence-electron chi connectivity index (χ1n) is 12.2. The highest BCUT2D eigenvalue weighted by atomic mass is 35.5. The predicted octanol–water partition coefficient (Wildman–Crippen LogP) is 5.21. The lowest BCUT2D eigenvalue weighted by molar-refractivity contribution is 0.0240. The average Bonchev–Trinajstić information content (AvgIpc) is 2.82. The Morgan fingerprint density at radius 3 is 2.40 bits per heavy atom. The van der Waals surface area contributed by atoms with Crippen molar-refractivity contribution in [2.45, 2.75) is 46.3 Å². The van der Waals surface area contributed by atoms with Crippen LogP contribution < -0.4 is 9.80 Å². The van der Waals surface area contributed by atoms with Crippen molar-refractivity contribution in [2.75, 3.05) is 42.5 Å². The first-order valence-corrected chi connectivity index (χ1v) is 12.6. The second kappa shape index (κ2) is 9.19. The van der Waals surface area contributed by atoms with Crippen LogP contribution in [0.5, 0.6) is 0 Å². The first-order chi connectivity index (χ1) is 16.7. The van der Waals surface area contributed by atoms with Crippen molar-refractivity contribution in [3.05, 3.63) is 58.5 Å². The minimum Gasteiger partial charge on any atom is -0.444 e. The van der Waals surface area contributed by atoms with Crippen molar-refractivity contribution in [3.63, 3.8) is 0 Å². The van der Waals surface area contributed by atoms with E-state index >= 15 is 0 Å². The third kappa shape index (κ3) is 4.87. The van der Waals surface area contributed by atoms with Crippen LogP contribution in [0.1, 0.15) is 37.9 Å². The number of benzene rings is 2. The molecule has 0 N–H and O–H groups in total. The van der Waals surface area contributed by atoms with Gasteiger partial charge in [0.25, 0.3) is 0 Å². The van der Waals surface area contributed by atoms with Crippen LogP contribution in [0.25, 0.3) is 10.8 Å². The summed E-state index contributed by atoms with van der Waals surface area (Å²) in [5.74, 6) is 1.78. The number of hydrogen-bond donors (Lipinski definition) is 0. The number of hydrogen-bond acceptors (Lipinski definition) is 6. The molecule has 35 heavy (non-hydrogen) atoms. The highest BCUT2D eigenvalue weighted by molar-refractivity contribution is 6.36. The molecular weight excluding hydrogens is 462 g/mol. The van der Waals surface area contributed by atoms with Gasteiger partial charge in [0, 0.05) is 49.4 Å². The monoisotopic (exact) mass is 493 g/mol. The molecule has 0 bridgehead atoms. The van der Waals surface area contributed by atoms with Crippen molar-refractivity contribution in [2.24, 2.45) is 0 Å². The molecule has 2 aliphatic rings. The fourth-order valence-corrected chi connectivity index (χ4v) is 5.24. The van der Waals surface area contributed by atoms with E-state index in [0.717, 1.165) is 64.9 Å². The SMILES string of the molecule is Cc1nc2c(c(N3CCN(C(=O)OC(C)(C)C)CC3)n1)CCN(c1cccc3cccc(Cl)c13)C2. The molecule has 1 saturated heterocycles. The van der Waals surface area contributed by atoms with Gasteiger partial charge >= 0.3 is 6.09 Å². The molecule has 2 aromatic carbocycles. The first kappa shape index (κ1) is 23.7. The number of halogens is 1. The van der Waals surface area contributed by atoms with E-state index in [2.05, 4.69) is 34.1 Å². The van der Waals surface area contributed by atoms with Crippen LogP contribution in [0.3, 0.4) is 0 Å². The largest absolute Gasteiger partial charge is 0.444 e. The second-order valence-electron chi connectivity index (χ2n) is 10.3. The maximum Gasteiger partial charge on any atom is 0.410 e. The summed E-state index contributed by atoms with van der Waals surface area (Å²) in [4.78, 5) is 28.6. The van der Waals surface area contributed by atoms with Gasteiger partial charge in [0.05, 0.1) is 17.3 Å². The van der Waals surface area contributed by atoms with Crippen LogP contribution >= 0.6 is 11.6 Å². The molecule has 8 heteroatoms. The van der Waals surface area contributed by atoms with Gasteiger partial charge in [0.15, 0.2) is 0 Å². The van der Waals surface area contributed by atoms with Gasteiger partial charge in [-0.05, 0) is 51.6 Å². The Hall–Kier alpha value is -3.06. The molecular formula is C27H32ClN5O2. The van der Waals surface area contributed by atoms with Gasteiger partial charge in [0.2, 0.25) is 0 Å². The van der Waals surface area contributed by atoms with E-state index in [1.165, 1.54) is 5.56 Å². The van der Waals surface area contributed by atoms with Crippen molar-refractivity contribution in [1.29, 1.82) is 0 Å². The Kier molecular flexibility index (Phi) is 6.21. The average molecular weight is 494 g/mol. The summed E-state index contributed by atoms with van der Waals surface area (Å²) in [6.45, 7) is 11.9. The van der Waals surface area contributed by atoms with Crippen molar-refractivity contribution in [3.8, 4) is 0 Å². The third-order valence-corrected chi connectivity index (χ3v) is 6.87. The molecule has 0 saturated carbocycles. The molecule has 3 heterocycles. The minimum absolute atomic E-state index is 0.248. The number of carbonyl (C=O) groups excluding carboxylic acids is 1. The van der Waals surface area contributed by atoms with Gasteiger partial charge in [-0.3, -0.25) is 0 Å². The lowest BCUT2D eigenvalue weighted by Gasteiger charge is -2.38. The fraction of sp³-hybridized carbons (Fsp3) is 0.444. The Morgan fingerprint density at radius 1 is 0.971 bits per heavy atom. The molecule has 1 aromatic heterocycles. The maximum atomic E-state index is 12.5. The Balaban J connectivity index is 1.37. The molecule has 3 aromatic rings. The van der Waals surface area contributed by atoms with Crippen LogP contribution in [0.2, 0.25) is 5.02 Å². The number of nitrogens with zero attached hydrogens (tertiary/aromatic N) is 5. The molecule has 1 fully saturated rings. The summed E-state index contributed by atoms with van der Waals surface area (Å²) in [6, 6.07) is 12.4. The number of aromatic nitrogens is 2. The van der Waals surface area contributed by atoms with Gasteiger partial charge in [-0.1, -0.05) is 35.9 Å². The van der Waals surface area contributed by atoms with Crippen LogP contribution in [-0.2, 0) is 17.7 Å². The summed E-state index contributed by atoms with van der Waals surface area (Å²) in [7, 11) is 0. The zero-order chi connectivity index (χ0) is 24.7. The van der Waals surface area contributed by atoms with Gasteiger partial charge in [-0.25, -0.2) is 14.8 Å². The second-order valence-corrected chi connectivity index (χ2v) is 10.7. The number of rotatable bonds is 2. The van der Waals surface area contributed by atoms with E-state index in [1.54, 1.807) is 4.90 Å². The van der Waals surface area contributed by atoms with E-state index < -0.39 is 5.60 Å². The van der Waals surface area contributed by atoms with Crippen LogP contribution in [0, 0.1) is 6.92 Å². The summed E-state index contributed by atoms with van der Waals surface area (Å²) >= 11 is 6.61. The van der Waals surface area contributed by atoms with Gasteiger partial charge < -0.3 is 19.4 Å².